The van der Waals surface area contributed by atoms with Crippen LogP contribution in [-0.2, 0) is 9.59 Å². The Labute approximate surface area is 143 Å². The highest BCUT2D eigenvalue weighted by Gasteiger charge is 2.45. The molecule has 2 unspecified atom stereocenters. The molecule has 3 fully saturated rings. The Kier molecular flexibility index (Phi) is 5.85. The molecule has 1 aliphatic carbocycles. The van der Waals surface area contributed by atoms with Crippen molar-refractivity contribution in [2.24, 2.45) is 5.92 Å². The maximum Gasteiger partial charge on any atom is 0.243 e. The first kappa shape index (κ1) is 17.1. The zero-order valence-corrected chi connectivity index (χ0v) is 14.9. The average molecular weight is 340 g/mol. The molecule has 0 aromatic rings. The lowest BCUT2D eigenvalue weighted by atomic mass is 10.2. The van der Waals surface area contributed by atoms with Crippen LogP contribution in [0, 0.1) is 5.92 Å². The predicted octanol–water partition coefficient (Wildman–Crippen LogP) is 1.68. The molecule has 0 spiro atoms. The van der Waals surface area contributed by atoms with Gasteiger partial charge >= 0.3 is 0 Å². The summed E-state index contributed by atoms with van der Waals surface area (Å²) >= 11 is 1.78. The van der Waals surface area contributed by atoms with E-state index >= 15 is 0 Å². The first-order valence-corrected chi connectivity index (χ1v) is 10.2. The van der Waals surface area contributed by atoms with Crippen molar-refractivity contribution in [1.82, 2.24) is 15.1 Å². The molecule has 2 heterocycles. The lowest BCUT2D eigenvalue weighted by molar-refractivity contribution is -0.140. The van der Waals surface area contributed by atoms with Crippen LogP contribution in [0.2, 0.25) is 0 Å². The zero-order chi connectivity index (χ0) is 16.2. The van der Waals surface area contributed by atoms with Crippen molar-refractivity contribution in [3.63, 3.8) is 0 Å². The van der Waals surface area contributed by atoms with Gasteiger partial charge in [-0.1, -0.05) is 13.3 Å². The van der Waals surface area contributed by atoms with Crippen LogP contribution >= 0.6 is 11.8 Å². The van der Waals surface area contributed by atoms with E-state index in [1.807, 2.05) is 4.90 Å². The zero-order valence-electron chi connectivity index (χ0n) is 14.1. The fraction of sp³-hybridized carbons (Fsp3) is 0.882. The van der Waals surface area contributed by atoms with Gasteiger partial charge in [0.25, 0.3) is 0 Å². The number of rotatable bonds is 7. The molecule has 6 heteroatoms. The molecule has 3 aliphatic rings. The van der Waals surface area contributed by atoms with Crippen molar-refractivity contribution in [1.29, 1.82) is 0 Å². The molecule has 2 amide bonds. The molecule has 2 aliphatic heterocycles. The SMILES string of the molecule is CCCC1SCC(C(=O)NCCN2CCCC2)N1C(=O)C1CC1. The van der Waals surface area contributed by atoms with E-state index in [9.17, 15) is 9.59 Å². The van der Waals surface area contributed by atoms with Gasteiger partial charge in [-0.3, -0.25) is 9.59 Å². The Hall–Kier alpha value is -0.750. The van der Waals surface area contributed by atoms with E-state index in [0.717, 1.165) is 51.1 Å². The van der Waals surface area contributed by atoms with Crippen molar-refractivity contribution in [3.8, 4) is 0 Å². The Balaban J connectivity index is 1.53. The van der Waals surface area contributed by atoms with Crippen LogP contribution in [0.5, 0.6) is 0 Å². The Morgan fingerprint density at radius 1 is 1.22 bits per heavy atom. The molecule has 23 heavy (non-hydrogen) atoms. The molecule has 1 saturated carbocycles. The number of likely N-dealkylation sites (tertiary alicyclic amines) is 1. The minimum absolute atomic E-state index is 0.0456. The summed E-state index contributed by atoms with van der Waals surface area (Å²) in [7, 11) is 0. The second-order valence-corrected chi connectivity index (χ2v) is 8.16. The molecule has 0 aromatic heterocycles. The minimum atomic E-state index is -0.261. The van der Waals surface area contributed by atoms with Crippen LogP contribution < -0.4 is 5.32 Å². The molecular formula is C17H29N3O2S. The van der Waals surface area contributed by atoms with Gasteiger partial charge < -0.3 is 15.1 Å². The highest BCUT2D eigenvalue weighted by molar-refractivity contribution is 8.00. The number of hydrogen-bond acceptors (Lipinski definition) is 4. The van der Waals surface area contributed by atoms with Gasteiger partial charge in [-0.05, 0) is 45.2 Å². The minimum Gasteiger partial charge on any atom is -0.353 e. The molecule has 130 valence electrons. The van der Waals surface area contributed by atoms with Gasteiger partial charge in [0.05, 0.1) is 5.37 Å². The standard InChI is InChI=1S/C17H29N3O2S/c1-2-5-15-20(17(22)13-6-7-13)14(12-23-15)16(21)18-8-11-19-9-3-4-10-19/h13-15H,2-12H2,1H3,(H,18,21). The van der Waals surface area contributed by atoms with E-state index in [-0.39, 0.29) is 29.1 Å². The summed E-state index contributed by atoms with van der Waals surface area (Å²) in [6.07, 6.45) is 6.59. The molecule has 0 aromatic carbocycles. The highest BCUT2D eigenvalue weighted by Crippen LogP contribution is 2.39. The van der Waals surface area contributed by atoms with Gasteiger partial charge in [0.2, 0.25) is 11.8 Å². The van der Waals surface area contributed by atoms with Crippen LogP contribution in [0.3, 0.4) is 0 Å². The van der Waals surface area contributed by atoms with Crippen molar-refractivity contribution < 1.29 is 9.59 Å². The van der Waals surface area contributed by atoms with E-state index in [0.29, 0.717) is 6.54 Å². The van der Waals surface area contributed by atoms with Gasteiger partial charge in [0.15, 0.2) is 0 Å². The number of nitrogens with one attached hydrogen (secondary N) is 1. The number of nitrogens with zero attached hydrogens (tertiary/aromatic N) is 2. The number of carbonyl (C=O) groups is 2. The number of amides is 2. The van der Waals surface area contributed by atoms with Crippen LogP contribution in [0.15, 0.2) is 0 Å². The van der Waals surface area contributed by atoms with E-state index < -0.39 is 0 Å². The fourth-order valence-corrected chi connectivity index (χ4v) is 5.06. The van der Waals surface area contributed by atoms with Crippen molar-refractivity contribution >= 4 is 23.6 Å². The quantitative estimate of drug-likeness (QED) is 0.767. The van der Waals surface area contributed by atoms with E-state index in [2.05, 4.69) is 17.1 Å². The Bertz CT molecular complexity index is 436. The molecule has 5 nitrogen and oxygen atoms in total. The van der Waals surface area contributed by atoms with E-state index in [1.165, 1.54) is 12.8 Å². The van der Waals surface area contributed by atoms with E-state index in [1.54, 1.807) is 11.8 Å². The van der Waals surface area contributed by atoms with Crippen molar-refractivity contribution in [2.75, 3.05) is 31.9 Å². The summed E-state index contributed by atoms with van der Waals surface area (Å²) in [5.41, 5.74) is 0. The summed E-state index contributed by atoms with van der Waals surface area (Å²) in [5.74, 6) is 1.20. The lowest BCUT2D eigenvalue weighted by Crippen LogP contribution is -2.51. The number of thioether (sulfide) groups is 1. The van der Waals surface area contributed by atoms with E-state index in [4.69, 9.17) is 0 Å². The first-order chi connectivity index (χ1) is 11.2. The molecule has 3 rings (SSSR count). The normalized spacial score (nSPS) is 28.3. The predicted molar refractivity (Wildman–Crippen MR) is 93.2 cm³/mol. The fourth-order valence-electron chi connectivity index (χ4n) is 3.53. The summed E-state index contributed by atoms with van der Waals surface area (Å²) in [6.45, 7) is 6.08. The maximum atomic E-state index is 12.6. The van der Waals surface area contributed by atoms with Gasteiger partial charge in [0, 0.05) is 24.8 Å². The molecule has 2 atom stereocenters. The summed E-state index contributed by atoms with van der Waals surface area (Å²) < 4.78 is 0. The molecule has 1 N–H and O–H groups in total. The van der Waals surface area contributed by atoms with Crippen molar-refractivity contribution in [3.05, 3.63) is 0 Å². The summed E-state index contributed by atoms with van der Waals surface area (Å²) in [4.78, 5) is 29.5. The topological polar surface area (TPSA) is 52.7 Å². The molecule has 0 radical (unpaired) electrons. The van der Waals surface area contributed by atoms with Gasteiger partial charge in [-0.15, -0.1) is 11.8 Å². The Morgan fingerprint density at radius 3 is 2.61 bits per heavy atom. The van der Waals surface area contributed by atoms with Gasteiger partial charge in [0.1, 0.15) is 6.04 Å². The number of carbonyl (C=O) groups excluding carboxylic acids is 2. The molecule has 2 saturated heterocycles. The third-order valence-corrected chi connectivity index (χ3v) is 6.39. The Morgan fingerprint density at radius 2 is 1.96 bits per heavy atom. The molecular weight excluding hydrogens is 310 g/mol. The number of hydrogen-bond donors (Lipinski definition) is 1. The maximum absolute atomic E-state index is 12.6. The highest BCUT2D eigenvalue weighted by atomic mass is 32.2. The second-order valence-electron chi connectivity index (χ2n) is 6.95. The lowest BCUT2D eigenvalue weighted by Gasteiger charge is -2.29. The average Bonchev–Trinajstić information content (AvgIpc) is 3.10. The van der Waals surface area contributed by atoms with Gasteiger partial charge in [-0.2, -0.15) is 0 Å². The van der Waals surface area contributed by atoms with Crippen LogP contribution in [-0.4, -0.2) is 65.0 Å². The first-order valence-electron chi connectivity index (χ1n) is 9.14. The third-order valence-electron chi connectivity index (χ3n) is 5.04. The largest absolute Gasteiger partial charge is 0.353 e. The third kappa shape index (κ3) is 4.21. The summed E-state index contributed by atoms with van der Waals surface area (Å²) in [6, 6.07) is -0.261. The molecule has 0 bridgehead atoms. The monoisotopic (exact) mass is 339 g/mol. The van der Waals surface area contributed by atoms with Crippen LogP contribution in [0.1, 0.15) is 45.4 Å². The smallest absolute Gasteiger partial charge is 0.243 e. The van der Waals surface area contributed by atoms with Crippen molar-refractivity contribution in [2.45, 2.75) is 56.9 Å². The second kappa shape index (κ2) is 7.88. The van der Waals surface area contributed by atoms with Crippen LogP contribution in [0.4, 0.5) is 0 Å². The summed E-state index contributed by atoms with van der Waals surface area (Å²) in [5, 5.41) is 3.27. The van der Waals surface area contributed by atoms with Crippen LogP contribution in [0.25, 0.3) is 0 Å². The van der Waals surface area contributed by atoms with Gasteiger partial charge in [-0.25, -0.2) is 0 Å².